The highest BCUT2D eigenvalue weighted by molar-refractivity contribution is 6.39. The second kappa shape index (κ2) is 8.09. The Hall–Kier alpha value is -3.16. The van der Waals surface area contributed by atoms with Crippen molar-refractivity contribution in [3.63, 3.8) is 0 Å². The largest absolute Gasteiger partial charge is 0.416 e. The zero-order valence-corrected chi connectivity index (χ0v) is 12.9. The van der Waals surface area contributed by atoms with Gasteiger partial charge in [-0.25, -0.2) is 5.43 Å². The maximum atomic E-state index is 12.6. The second-order valence-corrected chi connectivity index (χ2v) is 4.98. The first-order valence-corrected chi connectivity index (χ1v) is 7.20. The number of nitrogens with zero attached hydrogens (tertiary/aromatic N) is 1. The fourth-order valence-electron chi connectivity index (χ4n) is 1.88. The van der Waals surface area contributed by atoms with E-state index in [1.807, 2.05) is 35.8 Å². The molecule has 0 heterocycles. The molecule has 2 rings (SSSR count). The molecule has 0 radical (unpaired) electrons. The number of benzene rings is 2. The summed E-state index contributed by atoms with van der Waals surface area (Å²) in [5.41, 5.74) is 1.92. The van der Waals surface area contributed by atoms with Gasteiger partial charge in [-0.15, -0.1) is 0 Å². The normalized spacial score (nSPS) is 11.3. The van der Waals surface area contributed by atoms with Crippen molar-refractivity contribution in [2.24, 2.45) is 5.10 Å². The van der Waals surface area contributed by atoms with E-state index in [4.69, 9.17) is 0 Å². The number of rotatable bonds is 4. The summed E-state index contributed by atoms with van der Waals surface area (Å²) < 4.78 is 37.8. The van der Waals surface area contributed by atoms with E-state index in [2.05, 4.69) is 10.4 Å². The highest BCUT2D eigenvalue weighted by Gasteiger charge is 2.30. The standard InChI is InChI=1S/C17H14F3N3O2/c18-17(19,20)13-7-4-8-14(11-13)22-15(24)16(25)23-21-10-9-12-5-2-1-3-6-12/h1-8,10-11H,9H2,(H,22,24)(H,23,25)/b21-10+. The number of hydrogen-bond donors (Lipinski definition) is 2. The van der Waals surface area contributed by atoms with Gasteiger partial charge in [-0.3, -0.25) is 9.59 Å². The van der Waals surface area contributed by atoms with Crippen LogP contribution in [0.25, 0.3) is 0 Å². The van der Waals surface area contributed by atoms with Crippen LogP contribution < -0.4 is 10.7 Å². The summed E-state index contributed by atoms with van der Waals surface area (Å²) >= 11 is 0. The maximum Gasteiger partial charge on any atom is 0.416 e. The fourth-order valence-corrected chi connectivity index (χ4v) is 1.88. The number of halogens is 3. The third-order valence-electron chi connectivity index (χ3n) is 3.08. The molecule has 8 heteroatoms. The number of anilines is 1. The molecule has 2 aromatic rings. The molecule has 0 aliphatic rings. The number of hydrazone groups is 1. The molecule has 5 nitrogen and oxygen atoms in total. The molecule has 0 bridgehead atoms. The van der Waals surface area contributed by atoms with Gasteiger partial charge in [0.1, 0.15) is 0 Å². The van der Waals surface area contributed by atoms with Crippen molar-refractivity contribution in [2.45, 2.75) is 12.6 Å². The topological polar surface area (TPSA) is 70.6 Å². The van der Waals surface area contributed by atoms with Crippen molar-refractivity contribution in [2.75, 3.05) is 5.32 Å². The van der Waals surface area contributed by atoms with Crippen LogP contribution in [0.2, 0.25) is 0 Å². The summed E-state index contributed by atoms with van der Waals surface area (Å²) in [4.78, 5) is 23.2. The molecule has 0 saturated heterocycles. The van der Waals surface area contributed by atoms with Crippen molar-refractivity contribution < 1.29 is 22.8 Å². The molecule has 0 spiro atoms. The average Bonchev–Trinajstić information content (AvgIpc) is 2.59. The SMILES string of the molecule is O=C(N/N=C/Cc1ccccc1)C(=O)Nc1cccc(C(F)(F)F)c1. The van der Waals surface area contributed by atoms with E-state index in [0.717, 1.165) is 23.8 Å². The first-order valence-electron chi connectivity index (χ1n) is 7.20. The lowest BCUT2D eigenvalue weighted by atomic mass is 10.2. The van der Waals surface area contributed by atoms with Crippen LogP contribution in [0.4, 0.5) is 18.9 Å². The second-order valence-electron chi connectivity index (χ2n) is 4.98. The molecule has 2 aromatic carbocycles. The van der Waals surface area contributed by atoms with Crippen LogP contribution in [-0.4, -0.2) is 18.0 Å². The van der Waals surface area contributed by atoms with E-state index in [9.17, 15) is 22.8 Å². The van der Waals surface area contributed by atoms with Crippen molar-refractivity contribution in [3.8, 4) is 0 Å². The van der Waals surface area contributed by atoms with Crippen LogP contribution in [0.3, 0.4) is 0 Å². The van der Waals surface area contributed by atoms with E-state index in [1.165, 1.54) is 12.3 Å². The molecular formula is C17H14F3N3O2. The van der Waals surface area contributed by atoms with E-state index < -0.39 is 23.6 Å². The average molecular weight is 349 g/mol. The van der Waals surface area contributed by atoms with Crippen LogP contribution >= 0.6 is 0 Å². The zero-order chi connectivity index (χ0) is 18.3. The molecule has 2 amide bonds. The molecule has 0 aliphatic heterocycles. The minimum Gasteiger partial charge on any atom is -0.318 e. The Balaban J connectivity index is 1.87. The molecule has 2 N–H and O–H groups in total. The Morgan fingerprint density at radius 2 is 1.72 bits per heavy atom. The van der Waals surface area contributed by atoms with Crippen LogP contribution in [-0.2, 0) is 22.2 Å². The third kappa shape index (κ3) is 5.76. The van der Waals surface area contributed by atoms with Crippen molar-refractivity contribution in [1.82, 2.24) is 5.43 Å². The van der Waals surface area contributed by atoms with Gasteiger partial charge in [0.15, 0.2) is 0 Å². The lowest BCUT2D eigenvalue weighted by Crippen LogP contribution is -2.32. The third-order valence-corrected chi connectivity index (χ3v) is 3.08. The first-order chi connectivity index (χ1) is 11.9. The van der Waals surface area contributed by atoms with Crippen LogP contribution in [0.15, 0.2) is 59.7 Å². The number of nitrogens with one attached hydrogen (secondary N) is 2. The number of alkyl halides is 3. The van der Waals surface area contributed by atoms with Gasteiger partial charge >= 0.3 is 18.0 Å². The van der Waals surface area contributed by atoms with Gasteiger partial charge in [0.05, 0.1) is 5.56 Å². The zero-order valence-electron chi connectivity index (χ0n) is 12.9. The van der Waals surface area contributed by atoms with Crippen LogP contribution in [0.5, 0.6) is 0 Å². The fraction of sp³-hybridized carbons (Fsp3) is 0.118. The molecule has 0 atom stereocenters. The number of carbonyl (C=O) groups is 2. The molecule has 0 aliphatic carbocycles. The number of hydrogen-bond acceptors (Lipinski definition) is 3. The van der Waals surface area contributed by atoms with E-state index >= 15 is 0 Å². The Kier molecular flexibility index (Phi) is 5.89. The number of carbonyl (C=O) groups excluding carboxylic acids is 2. The first kappa shape index (κ1) is 18.2. The Bertz CT molecular complexity index is 774. The summed E-state index contributed by atoms with van der Waals surface area (Å²) in [6.45, 7) is 0. The molecular weight excluding hydrogens is 335 g/mol. The highest BCUT2D eigenvalue weighted by Crippen LogP contribution is 2.30. The quantitative estimate of drug-likeness (QED) is 0.506. The van der Waals surface area contributed by atoms with Gasteiger partial charge in [0.2, 0.25) is 0 Å². The van der Waals surface area contributed by atoms with Gasteiger partial charge in [-0.2, -0.15) is 18.3 Å². The Morgan fingerprint density at radius 1 is 1.00 bits per heavy atom. The van der Waals surface area contributed by atoms with Crippen molar-refractivity contribution in [1.29, 1.82) is 0 Å². The van der Waals surface area contributed by atoms with Crippen molar-refractivity contribution >= 4 is 23.7 Å². The summed E-state index contributed by atoms with van der Waals surface area (Å²) in [6, 6.07) is 13.3. The van der Waals surface area contributed by atoms with Crippen LogP contribution in [0, 0.1) is 0 Å². The minimum absolute atomic E-state index is 0.136. The Morgan fingerprint density at radius 3 is 2.40 bits per heavy atom. The number of amides is 2. The van der Waals surface area contributed by atoms with Crippen molar-refractivity contribution in [3.05, 3.63) is 65.7 Å². The molecule has 25 heavy (non-hydrogen) atoms. The summed E-state index contributed by atoms with van der Waals surface area (Å²) in [5.74, 6) is -2.20. The molecule has 130 valence electrons. The summed E-state index contributed by atoms with van der Waals surface area (Å²) in [5, 5.41) is 5.71. The van der Waals surface area contributed by atoms with E-state index in [-0.39, 0.29) is 5.69 Å². The predicted octanol–water partition coefficient (Wildman–Crippen LogP) is 2.99. The predicted molar refractivity (Wildman–Crippen MR) is 86.9 cm³/mol. The van der Waals surface area contributed by atoms with Gasteiger partial charge in [-0.05, 0) is 23.8 Å². The van der Waals surface area contributed by atoms with Gasteiger partial charge in [-0.1, -0.05) is 36.4 Å². The molecule has 0 fully saturated rings. The maximum absolute atomic E-state index is 12.6. The monoisotopic (exact) mass is 349 g/mol. The van der Waals surface area contributed by atoms with Gasteiger partial charge in [0.25, 0.3) is 0 Å². The minimum atomic E-state index is -4.54. The van der Waals surface area contributed by atoms with E-state index in [1.54, 1.807) is 0 Å². The smallest absolute Gasteiger partial charge is 0.318 e. The Labute approximate surface area is 141 Å². The highest BCUT2D eigenvalue weighted by atomic mass is 19.4. The summed E-state index contributed by atoms with van der Waals surface area (Å²) in [7, 11) is 0. The van der Waals surface area contributed by atoms with Gasteiger partial charge < -0.3 is 5.32 Å². The summed E-state index contributed by atoms with van der Waals surface area (Å²) in [6.07, 6.45) is -2.67. The lowest BCUT2D eigenvalue weighted by molar-refractivity contribution is -0.137. The van der Waals surface area contributed by atoms with Gasteiger partial charge in [0, 0.05) is 18.3 Å². The molecule has 0 saturated carbocycles. The molecule has 0 unspecified atom stereocenters. The van der Waals surface area contributed by atoms with Crippen LogP contribution in [0.1, 0.15) is 11.1 Å². The molecule has 0 aromatic heterocycles. The van der Waals surface area contributed by atoms with E-state index in [0.29, 0.717) is 6.42 Å². The lowest BCUT2D eigenvalue weighted by Gasteiger charge is -2.09.